The molecule has 0 atom stereocenters. The van der Waals surface area contributed by atoms with Crippen LogP contribution in [0.3, 0.4) is 0 Å². The minimum Gasteiger partial charge on any atom is -0.481 e. The number of aromatic nitrogens is 2. The second kappa shape index (κ2) is 4.39. The van der Waals surface area contributed by atoms with Crippen molar-refractivity contribution in [2.75, 3.05) is 30.8 Å². The van der Waals surface area contributed by atoms with Gasteiger partial charge >= 0.3 is 0 Å². The smallest absolute Gasteiger partial charge is 0.225 e. The summed E-state index contributed by atoms with van der Waals surface area (Å²) >= 11 is 0. The van der Waals surface area contributed by atoms with E-state index in [4.69, 9.17) is 10.5 Å². The maximum Gasteiger partial charge on any atom is 0.225 e. The maximum absolute atomic E-state index is 5.68. The Morgan fingerprint density at radius 3 is 2.82 bits per heavy atom. The van der Waals surface area contributed by atoms with Gasteiger partial charge in [-0.2, -0.15) is 9.97 Å². The van der Waals surface area contributed by atoms with Crippen LogP contribution in [0.25, 0.3) is 0 Å². The van der Waals surface area contributed by atoms with Gasteiger partial charge in [0.2, 0.25) is 11.8 Å². The van der Waals surface area contributed by atoms with Crippen molar-refractivity contribution in [1.82, 2.24) is 9.97 Å². The summed E-state index contributed by atoms with van der Waals surface area (Å²) in [5.41, 5.74) is 6.00. The lowest BCUT2D eigenvalue weighted by Gasteiger charge is -2.38. The number of anilines is 2. The Morgan fingerprint density at radius 2 is 2.18 bits per heavy atom. The summed E-state index contributed by atoms with van der Waals surface area (Å²) in [7, 11) is 1.59. The van der Waals surface area contributed by atoms with Crippen LogP contribution in [0.2, 0.25) is 0 Å². The molecule has 2 N–H and O–H groups in total. The Hall–Kier alpha value is -1.52. The largest absolute Gasteiger partial charge is 0.481 e. The first-order valence-corrected chi connectivity index (χ1v) is 5.94. The predicted octanol–water partition coefficient (Wildman–Crippen LogP) is 1.69. The van der Waals surface area contributed by atoms with E-state index in [1.165, 1.54) is 12.8 Å². The first kappa shape index (κ1) is 12.0. The molecule has 1 fully saturated rings. The highest BCUT2D eigenvalue weighted by atomic mass is 16.5. The topological polar surface area (TPSA) is 64.3 Å². The standard InChI is InChI=1S/C12H20N4O/c1-12(2)5-4-6-16(8-12)9-7-10(17-3)15-11(13)14-9/h7H,4-6,8H2,1-3H3,(H2,13,14,15). The average Bonchev–Trinajstić information content (AvgIpc) is 2.27. The molecule has 5 heteroatoms. The lowest BCUT2D eigenvalue weighted by Crippen LogP contribution is -2.40. The summed E-state index contributed by atoms with van der Waals surface area (Å²) in [5.74, 6) is 1.65. The van der Waals surface area contributed by atoms with Crippen LogP contribution in [0.15, 0.2) is 6.07 Å². The number of nitrogen functional groups attached to an aromatic ring is 1. The van der Waals surface area contributed by atoms with E-state index in [0.717, 1.165) is 18.9 Å². The molecule has 94 valence electrons. The van der Waals surface area contributed by atoms with Crippen LogP contribution in [0.5, 0.6) is 5.88 Å². The molecule has 1 aliphatic heterocycles. The molecule has 0 aliphatic carbocycles. The number of hydrogen-bond acceptors (Lipinski definition) is 5. The number of nitrogens with zero attached hydrogens (tertiary/aromatic N) is 3. The molecule has 17 heavy (non-hydrogen) atoms. The summed E-state index contributed by atoms with van der Waals surface area (Å²) < 4.78 is 5.12. The van der Waals surface area contributed by atoms with Crippen molar-refractivity contribution in [2.24, 2.45) is 5.41 Å². The molecule has 1 aliphatic rings. The van der Waals surface area contributed by atoms with E-state index in [1.54, 1.807) is 7.11 Å². The summed E-state index contributed by atoms with van der Waals surface area (Å²) in [5, 5.41) is 0. The molecule has 0 amide bonds. The molecule has 1 aromatic rings. The molecule has 0 radical (unpaired) electrons. The molecule has 0 unspecified atom stereocenters. The fourth-order valence-electron chi connectivity index (χ4n) is 2.32. The predicted molar refractivity (Wildman–Crippen MR) is 68.2 cm³/mol. The number of hydrogen-bond donors (Lipinski definition) is 1. The van der Waals surface area contributed by atoms with Crippen molar-refractivity contribution in [2.45, 2.75) is 26.7 Å². The zero-order chi connectivity index (χ0) is 12.5. The number of ether oxygens (including phenoxy) is 1. The number of piperidine rings is 1. The highest BCUT2D eigenvalue weighted by Gasteiger charge is 2.27. The van der Waals surface area contributed by atoms with Gasteiger partial charge in [-0.3, -0.25) is 0 Å². The molecule has 0 aromatic carbocycles. The van der Waals surface area contributed by atoms with Crippen molar-refractivity contribution in [3.8, 4) is 5.88 Å². The van der Waals surface area contributed by atoms with E-state index in [9.17, 15) is 0 Å². The minimum atomic E-state index is 0.266. The van der Waals surface area contributed by atoms with E-state index < -0.39 is 0 Å². The van der Waals surface area contributed by atoms with E-state index in [0.29, 0.717) is 11.3 Å². The first-order chi connectivity index (χ1) is 8.00. The SMILES string of the molecule is COc1cc(N2CCCC(C)(C)C2)nc(N)n1. The quantitative estimate of drug-likeness (QED) is 0.846. The average molecular weight is 236 g/mol. The van der Waals surface area contributed by atoms with Crippen molar-refractivity contribution in [1.29, 1.82) is 0 Å². The normalized spacial score (nSPS) is 19.1. The maximum atomic E-state index is 5.68. The Kier molecular flexibility index (Phi) is 3.09. The van der Waals surface area contributed by atoms with Crippen molar-refractivity contribution < 1.29 is 4.74 Å². The highest BCUT2D eigenvalue weighted by molar-refractivity contribution is 5.46. The molecular formula is C12H20N4O. The van der Waals surface area contributed by atoms with Crippen molar-refractivity contribution >= 4 is 11.8 Å². The summed E-state index contributed by atoms with van der Waals surface area (Å²) in [6, 6.07) is 1.84. The van der Waals surface area contributed by atoms with Gasteiger partial charge in [0.1, 0.15) is 5.82 Å². The Balaban J connectivity index is 2.24. The van der Waals surface area contributed by atoms with E-state index in [1.807, 2.05) is 6.07 Å². The number of nitrogens with two attached hydrogens (primary N) is 1. The lowest BCUT2D eigenvalue weighted by molar-refractivity contribution is 0.291. The van der Waals surface area contributed by atoms with Gasteiger partial charge in [-0.25, -0.2) is 0 Å². The van der Waals surface area contributed by atoms with Crippen LogP contribution in [0, 0.1) is 5.41 Å². The van der Waals surface area contributed by atoms with Gasteiger partial charge in [0.25, 0.3) is 0 Å². The zero-order valence-electron chi connectivity index (χ0n) is 10.7. The summed E-state index contributed by atoms with van der Waals surface area (Å²) in [6.45, 7) is 6.57. The Morgan fingerprint density at radius 1 is 1.41 bits per heavy atom. The van der Waals surface area contributed by atoms with Crippen LogP contribution >= 0.6 is 0 Å². The second-order valence-corrected chi connectivity index (χ2v) is 5.32. The number of rotatable bonds is 2. The van der Waals surface area contributed by atoms with E-state index in [-0.39, 0.29) is 5.95 Å². The molecule has 0 bridgehead atoms. The van der Waals surface area contributed by atoms with Crippen molar-refractivity contribution in [3.63, 3.8) is 0 Å². The molecule has 2 rings (SSSR count). The van der Waals surface area contributed by atoms with Crippen LogP contribution in [-0.2, 0) is 0 Å². The minimum absolute atomic E-state index is 0.266. The fourth-order valence-corrected chi connectivity index (χ4v) is 2.32. The van der Waals surface area contributed by atoms with Gasteiger partial charge in [0.05, 0.1) is 7.11 Å². The van der Waals surface area contributed by atoms with Gasteiger partial charge in [-0.1, -0.05) is 13.8 Å². The molecule has 0 spiro atoms. The van der Waals surface area contributed by atoms with Gasteiger partial charge in [0.15, 0.2) is 0 Å². The molecule has 5 nitrogen and oxygen atoms in total. The fraction of sp³-hybridized carbons (Fsp3) is 0.667. The Bertz CT molecular complexity index is 405. The summed E-state index contributed by atoms with van der Waals surface area (Å²) in [4.78, 5) is 10.5. The highest BCUT2D eigenvalue weighted by Crippen LogP contribution is 2.31. The van der Waals surface area contributed by atoms with Crippen LogP contribution in [0.4, 0.5) is 11.8 Å². The van der Waals surface area contributed by atoms with Gasteiger partial charge in [-0.05, 0) is 18.3 Å². The van der Waals surface area contributed by atoms with Crippen LogP contribution in [-0.4, -0.2) is 30.2 Å². The first-order valence-electron chi connectivity index (χ1n) is 5.94. The number of methoxy groups -OCH3 is 1. The second-order valence-electron chi connectivity index (χ2n) is 5.32. The molecule has 1 aromatic heterocycles. The van der Waals surface area contributed by atoms with Gasteiger partial charge in [0, 0.05) is 19.2 Å². The Labute approximate surface area is 102 Å². The van der Waals surface area contributed by atoms with Gasteiger partial charge in [-0.15, -0.1) is 0 Å². The molecular weight excluding hydrogens is 216 g/mol. The molecule has 0 saturated carbocycles. The third-order valence-corrected chi connectivity index (χ3v) is 3.14. The monoisotopic (exact) mass is 236 g/mol. The summed E-state index contributed by atoms with van der Waals surface area (Å²) in [6.07, 6.45) is 2.43. The van der Waals surface area contributed by atoms with Crippen LogP contribution in [0.1, 0.15) is 26.7 Å². The van der Waals surface area contributed by atoms with Crippen LogP contribution < -0.4 is 15.4 Å². The van der Waals surface area contributed by atoms with Crippen molar-refractivity contribution in [3.05, 3.63) is 6.07 Å². The lowest BCUT2D eigenvalue weighted by atomic mass is 9.84. The third-order valence-electron chi connectivity index (χ3n) is 3.14. The van der Waals surface area contributed by atoms with E-state index in [2.05, 4.69) is 28.7 Å². The zero-order valence-corrected chi connectivity index (χ0v) is 10.7. The molecule has 2 heterocycles. The molecule has 1 saturated heterocycles. The van der Waals surface area contributed by atoms with Gasteiger partial charge < -0.3 is 15.4 Å². The third kappa shape index (κ3) is 2.78. The van der Waals surface area contributed by atoms with E-state index >= 15 is 0 Å².